The van der Waals surface area contributed by atoms with E-state index < -0.39 is 10.1 Å². The van der Waals surface area contributed by atoms with Gasteiger partial charge in [0.15, 0.2) is 0 Å². The van der Waals surface area contributed by atoms with E-state index in [0.717, 1.165) is 24.8 Å². The summed E-state index contributed by atoms with van der Waals surface area (Å²) in [5.41, 5.74) is 0.853. The zero-order valence-electron chi connectivity index (χ0n) is 19.5. The molecule has 0 spiro atoms. The first-order chi connectivity index (χ1) is 14.9. The van der Waals surface area contributed by atoms with Crippen LogP contribution in [-0.2, 0) is 16.5 Å². The zero-order valence-corrected chi connectivity index (χ0v) is 23.5. The molecule has 0 radical (unpaired) electrons. The Kier molecular flexibility index (Phi) is 15.0. The monoisotopic (exact) mass is 486 g/mol. The van der Waals surface area contributed by atoms with E-state index in [2.05, 4.69) is 6.92 Å². The molecule has 0 saturated carbocycles. The van der Waals surface area contributed by atoms with E-state index in [-0.39, 0.29) is 67.8 Å². The summed E-state index contributed by atoms with van der Waals surface area (Å²) < 4.78 is 38.9. The van der Waals surface area contributed by atoms with Gasteiger partial charge in [0.25, 0.3) is 10.1 Å². The molecular weight excluding hydrogens is 451 g/mol. The molecule has 0 atom stereocenters. The first-order valence-electron chi connectivity index (χ1n) is 11.5. The molecule has 32 heavy (non-hydrogen) atoms. The molecule has 0 aliphatic carbocycles. The minimum Gasteiger partial charge on any atom is -0.872 e. The molecule has 0 fully saturated rings. The zero-order chi connectivity index (χ0) is 22.5. The van der Waals surface area contributed by atoms with E-state index >= 15 is 0 Å². The van der Waals surface area contributed by atoms with Crippen LogP contribution in [0.1, 0.15) is 83.1 Å². The molecule has 0 heterocycles. The summed E-state index contributed by atoms with van der Waals surface area (Å²) in [6, 6.07) is 10.5. The molecule has 7 heteroatoms. The first-order valence-corrected chi connectivity index (χ1v) is 12.9. The van der Waals surface area contributed by atoms with Gasteiger partial charge in [-0.1, -0.05) is 89.3 Å². The Balaban J connectivity index is 0.00000512. The fraction of sp³-hybridized carbons (Fsp3) is 0.520. The maximum Gasteiger partial charge on any atom is 1.00 e. The summed E-state index contributed by atoms with van der Waals surface area (Å²) in [7, 11) is -4.43. The van der Waals surface area contributed by atoms with Crippen LogP contribution in [0, 0.1) is 0 Å². The quantitative estimate of drug-likeness (QED) is 0.236. The predicted octanol–water partition coefficient (Wildman–Crippen LogP) is 3.66. The van der Waals surface area contributed by atoms with Crippen molar-refractivity contribution in [2.24, 2.45) is 0 Å². The Bertz CT molecular complexity index is 882. The summed E-state index contributed by atoms with van der Waals surface area (Å²) in [4.78, 5) is -0.251. The van der Waals surface area contributed by atoms with Gasteiger partial charge in [-0.2, -0.15) is 8.42 Å². The van der Waals surface area contributed by atoms with Crippen molar-refractivity contribution in [1.82, 2.24) is 0 Å². The molecule has 172 valence electrons. The third kappa shape index (κ3) is 11.6. The molecule has 0 amide bonds. The number of aryl methyl sites for hydroxylation is 1. The number of hydrogen-bond donors (Lipinski definition) is 1. The number of benzene rings is 2. The Morgan fingerprint density at radius 3 is 1.88 bits per heavy atom. The molecule has 2 aromatic carbocycles. The standard InChI is InChI=1S/C25H36O5S.K/c1-2-3-4-5-6-7-8-9-10-11-12-13-21-14-19-24(25(20-21)31(27,28)29)30-23-17-15-22(26)16-18-23;/h14-20,26H,2-13H2,1H3,(H,27,28,29);/q;+1/p-1. The minimum absolute atomic E-state index is 0. The maximum atomic E-state index is 11.8. The average molecular weight is 487 g/mol. The van der Waals surface area contributed by atoms with Crippen LogP contribution in [0.5, 0.6) is 17.2 Å². The van der Waals surface area contributed by atoms with E-state index in [1.54, 1.807) is 6.07 Å². The van der Waals surface area contributed by atoms with Crippen LogP contribution in [0.2, 0.25) is 0 Å². The Labute approximate surface area is 236 Å². The number of rotatable bonds is 15. The molecule has 0 aromatic heterocycles. The van der Waals surface area contributed by atoms with Gasteiger partial charge < -0.3 is 9.84 Å². The molecule has 0 bridgehead atoms. The van der Waals surface area contributed by atoms with Gasteiger partial charge in [0.05, 0.1) is 0 Å². The third-order valence-electron chi connectivity index (χ3n) is 5.41. The molecular formula is C25H35KO5S. The largest absolute Gasteiger partial charge is 1.00 e. The van der Waals surface area contributed by atoms with Gasteiger partial charge in [0, 0.05) is 0 Å². The van der Waals surface area contributed by atoms with E-state index in [0.29, 0.717) is 5.75 Å². The van der Waals surface area contributed by atoms with Crippen molar-refractivity contribution in [1.29, 1.82) is 0 Å². The van der Waals surface area contributed by atoms with Crippen LogP contribution in [0.4, 0.5) is 0 Å². The normalized spacial score (nSPS) is 11.2. The predicted molar refractivity (Wildman–Crippen MR) is 122 cm³/mol. The molecule has 0 aliphatic rings. The number of ether oxygens (including phenoxy) is 1. The second-order valence-electron chi connectivity index (χ2n) is 8.12. The summed E-state index contributed by atoms with van der Waals surface area (Å²) in [6.45, 7) is 2.24. The number of unbranched alkanes of at least 4 members (excludes halogenated alkanes) is 10. The fourth-order valence-electron chi connectivity index (χ4n) is 3.62. The average Bonchev–Trinajstić information content (AvgIpc) is 2.74. The van der Waals surface area contributed by atoms with E-state index in [1.807, 2.05) is 6.07 Å². The summed E-state index contributed by atoms with van der Waals surface area (Å²) in [6.07, 6.45) is 14.6. The van der Waals surface area contributed by atoms with Gasteiger partial charge in [0.2, 0.25) is 0 Å². The topological polar surface area (TPSA) is 86.7 Å². The smallest absolute Gasteiger partial charge is 0.872 e. The second kappa shape index (κ2) is 16.3. The summed E-state index contributed by atoms with van der Waals surface area (Å²) in [5, 5.41) is 11.2. The van der Waals surface area contributed by atoms with Gasteiger partial charge in [-0.25, -0.2) is 0 Å². The molecule has 2 aromatic rings. The molecule has 0 unspecified atom stereocenters. The van der Waals surface area contributed by atoms with Gasteiger partial charge in [-0.3, -0.25) is 4.55 Å². The molecule has 0 saturated heterocycles. The van der Waals surface area contributed by atoms with E-state index in [9.17, 15) is 18.1 Å². The molecule has 0 aliphatic heterocycles. The van der Waals surface area contributed by atoms with Gasteiger partial charge >= 0.3 is 51.4 Å². The Hall–Kier alpha value is -0.414. The fourth-order valence-corrected chi connectivity index (χ4v) is 4.29. The SMILES string of the molecule is CCCCCCCCCCCCCc1ccc(Oc2ccc([O-])cc2)c(S(=O)(=O)O)c1.[K+]. The van der Waals surface area contributed by atoms with Crippen molar-refractivity contribution in [2.75, 3.05) is 0 Å². The van der Waals surface area contributed by atoms with Crippen molar-refractivity contribution >= 4 is 10.1 Å². The summed E-state index contributed by atoms with van der Waals surface area (Å²) in [5.74, 6) is 0.219. The summed E-state index contributed by atoms with van der Waals surface area (Å²) >= 11 is 0. The van der Waals surface area contributed by atoms with E-state index in [4.69, 9.17) is 4.74 Å². The van der Waals surface area contributed by atoms with Crippen LogP contribution in [0.25, 0.3) is 0 Å². The second-order valence-corrected chi connectivity index (χ2v) is 9.51. The van der Waals surface area contributed by atoms with Crippen molar-refractivity contribution < 1.29 is 74.2 Å². The number of hydrogen-bond acceptors (Lipinski definition) is 4. The van der Waals surface area contributed by atoms with Crippen molar-refractivity contribution in [3.8, 4) is 17.2 Å². The maximum absolute atomic E-state index is 11.8. The third-order valence-corrected chi connectivity index (χ3v) is 6.28. The first kappa shape index (κ1) is 29.6. The van der Waals surface area contributed by atoms with Crippen LogP contribution in [-0.4, -0.2) is 13.0 Å². The molecule has 2 rings (SSSR count). The molecule has 5 nitrogen and oxygen atoms in total. The van der Waals surface area contributed by atoms with Crippen LogP contribution in [0.15, 0.2) is 47.4 Å². The van der Waals surface area contributed by atoms with E-state index in [1.165, 1.54) is 88.1 Å². The van der Waals surface area contributed by atoms with Crippen LogP contribution >= 0.6 is 0 Å². The van der Waals surface area contributed by atoms with Crippen molar-refractivity contribution in [2.45, 2.75) is 88.9 Å². The Morgan fingerprint density at radius 1 is 0.812 bits per heavy atom. The molecule has 1 N–H and O–H groups in total. The van der Waals surface area contributed by atoms with Crippen LogP contribution < -0.4 is 61.2 Å². The van der Waals surface area contributed by atoms with Gasteiger partial charge in [-0.05, 0) is 42.7 Å². The minimum atomic E-state index is -4.43. The van der Waals surface area contributed by atoms with Crippen molar-refractivity contribution in [3.05, 3.63) is 48.0 Å². The Morgan fingerprint density at radius 2 is 1.34 bits per heavy atom. The van der Waals surface area contributed by atoms with Crippen molar-refractivity contribution in [3.63, 3.8) is 0 Å². The van der Waals surface area contributed by atoms with Gasteiger partial charge in [0.1, 0.15) is 16.4 Å². The van der Waals surface area contributed by atoms with Crippen LogP contribution in [0.3, 0.4) is 0 Å². The van der Waals surface area contributed by atoms with Gasteiger partial charge in [-0.15, -0.1) is 5.75 Å².